The van der Waals surface area contributed by atoms with E-state index >= 15 is 0 Å². The molecule has 1 atom stereocenters. The second kappa shape index (κ2) is 13.9. The topological polar surface area (TPSA) is 155 Å². The van der Waals surface area contributed by atoms with Gasteiger partial charge in [-0.05, 0) is 35.9 Å². The van der Waals surface area contributed by atoms with Gasteiger partial charge in [0.2, 0.25) is 10.0 Å². The lowest BCUT2D eigenvalue weighted by atomic mass is 9.92. The van der Waals surface area contributed by atoms with Crippen LogP contribution >= 0.6 is 0 Å². The van der Waals surface area contributed by atoms with Gasteiger partial charge in [0, 0.05) is 51.0 Å². The van der Waals surface area contributed by atoms with Crippen LogP contribution in [-0.2, 0) is 19.5 Å². The number of ether oxygens (including phenoxy) is 2. The zero-order valence-electron chi connectivity index (χ0n) is 24.2. The molecule has 0 bridgehead atoms. The number of anilines is 1. The summed E-state index contributed by atoms with van der Waals surface area (Å²) in [5, 5.41) is 13.9. The van der Waals surface area contributed by atoms with Gasteiger partial charge in [0.15, 0.2) is 11.6 Å². The highest BCUT2D eigenvalue weighted by Crippen LogP contribution is 2.38. The number of imide groups is 1. The third kappa shape index (κ3) is 7.18. The molecule has 5 N–H and O–H groups in total. The van der Waals surface area contributed by atoms with E-state index < -0.39 is 39.8 Å². The molecular weight excluding hydrogens is 598 g/mol. The van der Waals surface area contributed by atoms with Crippen LogP contribution in [0.15, 0.2) is 82.7 Å². The molecule has 0 spiro atoms. The number of urea groups is 2. The van der Waals surface area contributed by atoms with Crippen molar-refractivity contribution in [3.05, 3.63) is 95.0 Å². The SMILES string of the molecule is C=C(OC)C1=C(COC)NC(=O)N(C(=O)NCCNC2=CCN(c3ccccc3S(N)(=O)=O)CC2)[C@H]1c1ccc(F)c(F)c1. The highest BCUT2D eigenvalue weighted by Gasteiger charge is 2.41. The van der Waals surface area contributed by atoms with E-state index in [0.29, 0.717) is 31.7 Å². The molecule has 0 unspecified atom stereocenters. The quantitative estimate of drug-likeness (QED) is 0.218. The Balaban J connectivity index is 1.45. The van der Waals surface area contributed by atoms with E-state index in [-0.39, 0.29) is 40.6 Å². The maximum atomic E-state index is 14.3. The molecular formula is C29H34F2N6O6S. The van der Waals surface area contributed by atoms with Gasteiger partial charge in [-0.3, -0.25) is 0 Å². The Morgan fingerprint density at radius 3 is 2.55 bits per heavy atom. The molecule has 4 rings (SSSR count). The summed E-state index contributed by atoms with van der Waals surface area (Å²) in [7, 11) is -1.12. The monoisotopic (exact) mass is 632 g/mol. The Morgan fingerprint density at radius 2 is 1.91 bits per heavy atom. The number of carbonyl (C=O) groups excluding carboxylic acids is 2. The minimum Gasteiger partial charge on any atom is -0.497 e. The van der Waals surface area contributed by atoms with Crippen LogP contribution in [0.3, 0.4) is 0 Å². The lowest BCUT2D eigenvalue weighted by Gasteiger charge is -2.38. The number of halogens is 2. The van der Waals surface area contributed by atoms with Crippen molar-refractivity contribution in [2.75, 3.05) is 51.9 Å². The zero-order chi connectivity index (χ0) is 32.0. The van der Waals surface area contributed by atoms with Crippen LogP contribution in [0.1, 0.15) is 18.0 Å². The molecule has 2 aliphatic heterocycles. The van der Waals surface area contributed by atoms with E-state index in [0.717, 1.165) is 22.7 Å². The summed E-state index contributed by atoms with van der Waals surface area (Å²) >= 11 is 0. The number of hydrogen-bond acceptors (Lipinski definition) is 8. The van der Waals surface area contributed by atoms with Crippen LogP contribution in [0, 0.1) is 11.6 Å². The van der Waals surface area contributed by atoms with Crippen LogP contribution < -0.4 is 26.0 Å². The molecule has 0 aliphatic carbocycles. The fraction of sp³-hybridized carbons (Fsp3) is 0.310. The van der Waals surface area contributed by atoms with Gasteiger partial charge in [-0.1, -0.05) is 24.8 Å². The van der Waals surface area contributed by atoms with Gasteiger partial charge < -0.3 is 30.3 Å². The number of hydrogen-bond donors (Lipinski definition) is 4. The Hall–Kier alpha value is -4.47. The van der Waals surface area contributed by atoms with E-state index in [2.05, 4.69) is 22.5 Å². The first-order valence-electron chi connectivity index (χ1n) is 13.5. The predicted octanol–water partition coefficient (Wildman–Crippen LogP) is 2.83. The molecule has 0 saturated carbocycles. The van der Waals surface area contributed by atoms with Crippen LogP contribution in [0.4, 0.5) is 24.1 Å². The average molecular weight is 633 g/mol. The molecule has 44 heavy (non-hydrogen) atoms. The molecule has 0 saturated heterocycles. The molecule has 4 amide bonds. The normalized spacial score (nSPS) is 17.2. The summed E-state index contributed by atoms with van der Waals surface area (Å²) in [6.45, 7) is 5.18. The van der Waals surface area contributed by atoms with Gasteiger partial charge in [0.25, 0.3) is 0 Å². The second-order valence-electron chi connectivity index (χ2n) is 9.93. The summed E-state index contributed by atoms with van der Waals surface area (Å²) in [6, 6.07) is 6.82. The van der Waals surface area contributed by atoms with Gasteiger partial charge in [-0.15, -0.1) is 0 Å². The number of primary sulfonamides is 1. The fourth-order valence-corrected chi connectivity index (χ4v) is 5.81. The third-order valence-corrected chi connectivity index (χ3v) is 8.08. The van der Waals surface area contributed by atoms with Gasteiger partial charge in [-0.2, -0.15) is 0 Å². The molecule has 0 fully saturated rings. The minimum absolute atomic E-state index is 0.0531. The number of nitrogens with two attached hydrogens (primary N) is 1. The van der Waals surface area contributed by atoms with E-state index in [9.17, 15) is 26.8 Å². The Kier molecular flexibility index (Phi) is 10.2. The highest BCUT2D eigenvalue weighted by molar-refractivity contribution is 7.89. The number of sulfonamides is 1. The predicted molar refractivity (Wildman–Crippen MR) is 159 cm³/mol. The molecule has 0 radical (unpaired) electrons. The average Bonchev–Trinajstić information content (AvgIpc) is 3.00. The minimum atomic E-state index is -3.88. The van der Waals surface area contributed by atoms with E-state index in [1.807, 2.05) is 11.0 Å². The number of amides is 4. The maximum absolute atomic E-state index is 14.3. The number of nitrogens with one attached hydrogen (secondary N) is 3. The van der Waals surface area contributed by atoms with E-state index in [1.165, 1.54) is 26.4 Å². The van der Waals surface area contributed by atoms with Crippen LogP contribution in [0.25, 0.3) is 0 Å². The molecule has 2 heterocycles. The van der Waals surface area contributed by atoms with Crippen molar-refractivity contribution < 1.29 is 36.3 Å². The summed E-state index contributed by atoms with van der Waals surface area (Å²) in [6.07, 6.45) is 2.49. The number of carbonyl (C=O) groups is 2. The molecule has 2 aromatic rings. The number of rotatable bonds is 11. The smallest absolute Gasteiger partial charge is 0.330 e. The maximum Gasteiger partial charge on any atom is 0.330 e. The number of methoxy groups -OCH3 is 2. The highest BCUT2D eigenvalue weighted by atomic mass is 32.2. The Morgan fingerprint density at radius 1 is 1.16 bits per heavy atom. The van der Waals surface area contributed by atoms with E-state index in [4.69, 9.17) is 14.6 Å². The summed E-state index contributed by atoms with van der Waals surface area (Å²) in [5.41, 5.74) is 2.05. The molecule has 12 nitrogen and oxygen atoms in total. The number of benzene rings is 2. The van der Waals surface area contributed by atoms with Crippen molar-refractivity contribution in [2.24, 2.45) is 5.14 Å². The second-order valence-corrected chi connectivity index (χ2v) is 11.5. The number of nitrogens with zero attached hydrogens (tertiary/aromatic N) is 2. The first-order valence-corrected chi connectivity index (χ1v) is 15.1. The van der Waals surface area contributed by atoms with Crippen LogP contribution in [0.2, 0.25) is 0 Å². The van der Waals surface area contributed by atoms with E-state index in [1.54, 1.807) is 18.2 Å². The third-order valence-electron chi connectivity index (χ3n) is 7.12. The standard InChI is InChI=1S/C29H34F2N6O6S/c1-18(43-3)26-23(17-42-2)35-29(39)37(27(26)19-8-9-21(30)22(31)16-19)28(38)34-13-12-33-20-10-14-36(15-11-20)24-6-4-5-7-25(24)44(32,40)41/h4-10,16,27,33H,1,11-15,17H2,2-3H3,(H,34,38)(H,35,39)(H2,32,40,41)/t27-/m0/s1. The van der Waals surface area contributed by atoms with Gasteiger partial charge in [0.05, 0.1) is 31.1 Å². The molecule has 15 heteroatoms. The first kappa shape index (κ1) is 32.4. The van der Waals surface area contributed by atoms with Crippen molar-refractivity contribution >= 4 is 27.8 Å². The number of para-hydroxylation sites is 1. The van der Waals surface area contributed by atoms with Crippen molar-refractivity contribution in [1.82, 2.24) is 20.9 Å². The summed E-state index contributed by atoms with van der Waals surface area (Å²) in [5.74, 6) is -2.14. The zero-order valence-corrected chi connectivity index (χ0v) is 25.0. The first-order chi connectivity index (χ1) is 21.0. The Bertz CT molecular complexity index is 1610. The van der Waals surface area contributed by atoms with Crippen molar-refractivity contribution in [3.8, 4) is 0 Å². The Labute approximate surface area is 254 Å². The largest absolute Gasteiger partial charge is 0.497 e. The van der Waals surface area contributed by atoms with Gasteiger partial charge >= 0.3 is 12.1 Å². The van der Waals surface area contributed by atoms with Crippen molar-refractivity contribution in [1.29, 1.82) is 0 Å². The molecule has 2 aromatic carbocycles. The summed E-state index contributed by atoms with van der Waals surface area (Å²) in [4.78, 5) is 29.4. The van der Waals surface area contributed by atoms with Crippen LogP contribution in [0.5, 0.6) is 0 Å². The molecule has 2 aliphatic rings. The van der Waals surface area contributed by atoms with Crippen molar-refractivity contribution in [2.45, 2.75) is 17.4 Å². The lowest BCUT2D eigenvalue weighted by molar-refractivity contribution is 0.161. The van der Waals surface area contributed by atoms with Gasteiger partial charge in [-0.25, -0.2) is 36.8 Å². The fourth-order valence-electron chi connectivity index (χ4n) is 5.05. The molecule has 236 valence electrons. The summed E-state index contributed by atoms with van der Waals surface area (Å²) < 4.78 is 62.5. The molecule has 0 aromatic heterocycles. The van der Waals surface area contributed by atoms with Crippen molar-refractivity contribution in [3.63, 3.8) is 0 Å². The van der Waals surface area contributed by atoms with Crippen LogP contribution in [-0.4, -0.2) is 72.4 Å². The van der Waals surface area contributed by atoms with Gasteiger partial charge in [0.1, 0.15) is 10.7 Å². The lowest BCUT2D eigenvalue weighted by Crippen LogP contribution is -2.55.